The Morgan fingerprint density at radius 3 is 2.67 bits per heavy atom. The summed E-state index contributed by atoms with van der Waals surface area (Å²) in [6, 6.07) is 8.25. The summed E-state index contributed by atoms with van der Waals surface area (Å²) in [6.45, 7) is 3.88. The largest absolute Gasteiger partial charge is 0.487 e. The average Bonchev–Trinajstić information content (AvgIpc) is 2.47. The fourth-order valence-electron chi connectivity index (χ4n) is 3.59. The zero-order chi connectivity index (χ0) is 14.9. The SMILES string of the molecule is CC(C)C(=O)N[C@@H]1CC2(CCCCC2)Oc2ccccc21. The highest BCUT2D eigenvalue weighted by atomic mass is 16.5. The molecule has 1 heterocycles. The molecular formula is C18H25NO2. The van der Waals surface area contributed by atoms with Crippen LogP contribution < -0.4 is 10.1 Å². The maximum atomic E-state index is 12.1. The molecule has 114 valence electrons. The van der Waals surface area contributed by atoms with Gasteiger partial charge in [-0.05, 0) is 31.7 Å². The number of para-hydroxylation sites is 1. The van der Waals surface area contributed by atoms with Crippen molar-refractivity contribution in [1.82, 2.24) is 5.32 Å². The highest BCUT2D eigenvalue weighted by Crippen LogP contribution is 2.46. The average molecular weight is 287 g/mol. The van der Waals surface area contributed by atoms with Gasteiger partial charge in [-0.15, -0.1) is 0 Å². The van der Waals surface area contributed by atoms with Crippen molar-refractivity contribution >= 4 is 5.91 Å². The molecule has 0 unspecified atom stereocenters. The topological polar surface area (TPSA) is 38.3 Å². The summed E-state index contributed by atoms with van der Waals surface area (Å²) in [4.78, 5) is 12.1. The predicted molar refractivity (Wildman–Crippen MR) is 83.2 cm³/mol. The molecule has 2 aliphatic rings. The molecule has 3 nitrogen and oxygen atoms in total. The van der Waals surface area contributed by atoms with Gasteiger partial charge in [0.05, 0.1) is 6.04 Å². The fourth-order valence-corrected chi connectivity index (χ4v) is 3.59. The van der Waals surface area contributed by atoms with Crippen LogP contribution in [0.4, 0.5) is 0 Å². The van der Waals surface area contributed by atoms with Gasteiger partial charge in [-0.3, -0.25) is 4.79 Å². The van der Waals surface area contributed by atoms with Crippen molar-refractivity contribution in [2.75, 3.05) is 0 Å². The molecule has 1 aromatic carbocycles. The van der Waals surface area contributed by atoms with Crippen molar-refractivity contribution in [2.45, 2.75) is 64.0 Å². The number of hydrogen-bond donors (Lipinski definition) is 1. The van der Waals surface area contributed by atoms with Gasteiger partial charge in [0, 0.05) is 17.9 Å². The van der Waals surface area contributed by atoms with E-state index in [0.29, 0.717) is 0 Å². The minimum Gasteiger partial charge on any atom is -0.487 e. The third kappa shape index (κ3) is 2.92. The molecule has 1 aliphatic carbocycles. The van der Waals surface area contributed by atoms with E-state index in [-0.39, 0.29) is 23.5 Å². The van der Waals surface area contributed by atoms with Gasteiger partial charge in [0.15, 0.2) is 0 Å². The molecule has 1 amide bonds. The maximum Gasteiger partial charge on any atom is 0.223 e. The molecule has 1 spiro atoms. The van der Waals surface area contributed by atoms with Crippen LogP contribution in [0.5, 0.6) is 5.75 Å². The van der Waals surface area contributed by atoms with E-state index in [9.17, 15) is 4.79 Å². The lowest BCUT2D eigenvalue weighted by atomic mass is 9.77. The first-order chi connectivity index (χ1) is 10.1. The molecule has 1 saturated carbocycles. The minimum atomic E-state index is -0.0679. The summed E-state index contributed by atoms with van der Waals surface area (Å²) >= 11 is 0. The summed E-state index contributed by atoms with van der Waals surface area (Å²) in [5.41, 5.74) is 1.06. The minimum absolute atomic E-state index is 0.0160. The first-order valence-electron chi connectivity index (χ1n) is 8.18. The van der Waals surface area contributed by atoms with Gasteiger partial charge >= 0.3 is 0 Å². The van der Waals surface area contributed by atoms with E-state index in [4.69, 9.17) is 4.74 Å². The Bertz CT molecular complexity index is 518. The van der Waals surface area contributed by atoms with Crippen LogP contribution in [0, 0.1) is 5.92 Å². The molecule has 1 fully saturated rings. The number of hydrogen-bond acceptors (Lipinski definition) is 2. The Labute approximate surface area is 127 Å². The summed E-state index contributed by atoms with van der Waals surface area (Å²) in [7, 11) is 0. The van der Waals surface area contributed by atoms with Crippen molar-refractivity contribution in [2.24, 2.45) is 5.92 Å². The predicted octanol–water partition coefficient (Wildman–Crippen LogP) is 3.99. The second-order valence-electron chi connectivity index (χ2n) is 6.80. The van der Waals surface area contributed by atoms with E-state index in [2.05, 4.69) is 11.4 Å². The molecule has 0 aromatic heterocycles. The van der Waals surface area contributed by atoms with E-state index < -0.39 is 0 Å². The van der Waals surface area contributed by atoms with Gasteiger partial charge in [0.1, 0.15) is 11.4 Å². The zero-order valence-corrected chi connectivity index (χ0v) is 13.0. The molecule has 1 aromatic rings. The number of amides is 1. The Morgan fingerprint density at radius 1 is 1.24 bits per heavy atom. The lowest BCUT2D eigenvalue weighted by molar-refractivity contribution is -0.125. The van der Waals surface area contributed by atoms with E-state index in [1.165, 1.54) is 19.3 Å². The standard InChI is InChI=1S/C18H25NO2/c1-13(2)17(20)19-15-12-18(10-6-3-7-11-18)21-16-9-5-4-8-14(15)16/h4-5,8-9,13,15H,3,6-7,10-12H2,1-2H3,(H,19,20)/t15-/m1/s1. The van der Waals surface area contributed by atoms with Crippen LogP contribution in [-0.4, -0.2) is 11.5 Å². The highest BCUT2D eigenvalue weighted by Gasteiger charge is 2.42. The fraction of sp³-hybridized carbons (Fsp3) is 0.611. The molecule has 1 N–H and O–H groups in total. The number of benzene rings is 1. The van der Waals surface area contributed by atoms with Crippen LogP contribution >= 0.6 is 0 Å². The highest BCUT2D eigenvalue weighted by molar-refractivity contribution is 5.78. The summed E-state index contributed by atoms with van der Waals surface area (Å²) < 4.78 is 6.38. The Balaban J connectivity index is 1.88. The number of ether oxygens (including phenoxy) is 1. The number of nitrogens with one attached hydrogen (secondary N) is 1. The van der Waals surface area contributed by atoms with Gasteiger partial charge in [0.25, 0.3) is 0 Å². The molecule has 21 heavy (non-hydrogen) atoms. The molecule has 0 radical (unpaired) electrons. The van der Waals surface area contributed by atoms with Gasteiger partial charge in [-0.25, -0.2) is 0 Å². The summed E-state index contributed by atoms with van der Waals surface area (Å²) in [5, 5.41) is 3.23. The summed E-state index contributed by atoms with van der Waals surface area (Å²) in [5.74, 6) is 1.10. The quantitative estimate of drug-likeness (QED) is 0.893. The molecule has 0 bridgehead atoms. The van der Waals surface area contributed by atoms with Crippen LogP contribution in [0.1, 0.15) is 64.0 Å². The second-order valence-corrected chi connectivity index (χ2v) is 6.80. The Kier molecular flexibility index (Phi) is 3.92. The number of carbonyl (C=O) groups excluding carboxylic acids is 1. The van der Waals surface area contributed by atoms with Crippen molar-refractivity contribution in [3.63, 3.8) is 0 Å². The first-order valence-corrected chi connectivity index (χ1v) is 8.18. The van der Waals surface area contributed by atoms with E-state index >= 15 is 0 Å². The van der Waals surface area contributed by atoms with Crippen LogP contribution in [0.15, 0.2) is 24.3 Å². The van der Waals surface area contributed by atoms with Gasteiger partial charge in [0.2, 0.25) is 5.91 Å². The van der Waals surface area contributed by atoms with Gasteiger partial charge in [-0.1, -0.05) is 38.5 Å². The van der Waals surface area contributed by atoms with Gasteiger partial charge in [-0.2, -0.15) is 0 Å². The zero-order valence-electron chi connectivity index (χ0n) is 13.0. The number of rotatable bonds is 2. The van der Waals surface area contributed by atoms with Crippen LogP contribution in [0.2, 0.25) is 0 Å². The van der Waals surface area contributed by atoms with E-state index in [1.54, 1.807) is 0 Å². The van der Waals surface area contributed by atoms with Crippen molar-refractivity contribution < 1.29 is 9.53 Å². The molecule has 3 rings (SSSR count). The monoisotopic (exact) mass is 287 g/mol. The van der Waals surface area contributed by atoms with Crippen molar-refractivity contribution in [3.8, 4) is 5.75 Å². The maximum absolute atomic E-state index is 12.1. The third-order valence-electron chi connectivity index (χ3n) is 4.80. The molecular weight excluding hydrogens is 262 g/mol. The van der Waals surface area contributed by atoms with Crippen molar-refractivity contribution in [1.29, 1.82) is 0 Å². The van der Waals surface area contributed by atoms with Crippen LogP contribution in [0.3, 0.4) is 0 Å². The summed E-state index contributed by atoms with van der Waals surface area (Å²) in [6.07, 6.45) is 6.88. The van der Waals surface area contributed by atoms with Crippen molar-refractivity contribution in [3.05, 3.63) is 29.8 Å². The number of fused-ring (bicyclic) bond motifs is 1. The Morgan fingerprint density at radius 2 is 1.95 bits per heavy atom. The van der Waals surface area contributed by atoms with E-state index in [1.807, 2.05) is 32.0 Å². The molecule has 1 aliphatic heterocycles. The normalized spacial score (nSPS) is 23.5. The lowest BCUT2D eigenvalue weighted by Crippen LogP contribution is -2.47. The third-order valence-corrected chi connectivity index (χ3v) is 4.80. The molecule has 3 heteroatoms. The van der Waals surface area contributed by atoms with Gasteiger partial charge < -0.3 is 10.1 Å². The van der Waals surface area contributed by atoms with Crippen LogP contribution in [0.25, 0.3) is 0 Å². The molecule has 0 saturated heterocycles. The van der Waals surface area contributed by atoms with E-state index in [0.717, 1.165) is 30.6 Å². The number of carbonyl (C=O) groups is 1. The first kappa shape index (κ1) is 14.4. The smallest absolute Gasteiger partial charge is 0.223 e. The second kappa shape index (κ2) is 5.70. The van der Waals surface area contributed by atoms with Crippen LogP contribution in [-0.2, 0) is 4.79 Å². The lowest BCUT2D eigenvalue weighted by Gasteiger charge is -2.44. The molecule has 1 atom stereocenters. The Hall–Kier alpha value is -1.51.